The predicted molar refractivity (Wildman–Crippen MR) is 94.4 cm³/mol. The van der Waals surface area contributed by atoms with E-state index in [0.29, 0.717) is 22.2 Å². The van der Waals surface area contributed by atoms with E-state index in [1.807, 2.05) is 49.4 Å². The minimum atomic E-state index is 0.601. The quantitative estimate of drug-likeness (QED) is 0.528. The third kappa shape index (κ3) is 2.28. The molecule has 0 aliphatic heterocycles. The van der Waals surface area contributed by atoms with Crippen molar-refractivity contribution >= 4 is 39.2 Å². The summed E-state index contributed by atoms with van der Waals surface area (Å²) in [6.45, 7) is 2.02. The highest BCUT2D eigenvalue weighted by Gasteiger charge is 2.11. The zero-order valence-electron chi connectivity index (χ0n) is 12.4. The summed E-state index contributed by atoms with van der Waals surface area (Å²) in [7, 11) is 0. The molecule has 0 aliphatic carbocycles. The number of anilines is 1. The van der Waals surface area contributed by atoms with Crippen molar-refractivity contribution in [3.63, 3.8) is 0 Å². The van der Waals surface area contributed by atoms with Crippen molar-refractivity contribution in [2.24, 2.45) is 0 Å². The van der Waals surface area contributed by atoms with E-state index in [2.05, 4.69) is 15.0 Å². The molecule has 0 amide bonds. The van der Waals surface area contributed by atoms with Crippen LogP contribution in [0.5, 0.6) is 0 Å². The molecular formula is C18H13ClN4. The van der Waals surface area contributed by atoms with E-state index < -0.39 is 0 Å². The largest absolute Gasteiger partial charge is 0.398 e. The van der Waals surface area contributed by atoms with E-state index in [1.165, 1.54) is 0 Å². The van der Waals surface area contributed by atoms with Crippen molar-refractivity contribution < 1.29 is 0 Å². The standard InChI is InChI=1S/C18H13ClN4/c1-10-3-2-4-13-15(20)14-9-21-17(23-18(14)22-16(10)13)11-5-7-12(19)8-6-11/h2-9H,1H3,(H2,20,21,22,23). The molecule has 2 aromatic heterocycles. The maximum absolute atomic E-state index is 6.29. The second-order valence-electron chi connectivity index (χ2n) is 5.43. The Labute approximate surface area is 138 Å². The van der Waals surface area contributed by atoms with E-state index in [1.54, 1.807) is 6.20 Å². The first kappa shape index (κ1) is 13.9. The van der Waals surface area contributed by atoms with Crippen LogP contribution in [-0.2, 0) is 0 Å². The maximum Gasteiger partial charge on any atom is 0.165 e. The number of rotatable bonds is 1. The Hall–Kier alpha value is -2.72. The molecular weight excluding hydrogens is 308 g/mol. The van der Waals surface area contributed by atoms with E-state index in [4.69, 9.17) is 17.3 Å². The van der Waals surface area contributed by atoms with Crippen LogP contribution < -0.4 is 5.73 Å². The zero-order chi connectivity index (χ0) is 16.0. The van der Waals surface area contributed by atoms with Crippen LogP contribution in [0.25, 0.3) is 33.3 Å². The number of halogens is 1. The minimum absolute atomic E-state index is 0.601. The number of hydrogen-bond acceptors (Lipinski definition) is 4. The lowest BCUT2D eigenvalue weighted by Gasteiger charge is -2.09. The summed E-state index contributed by atoms with van der Waals surface area (Å²) >= 11 is 5.93. The molecule has 2 N–H and O–H groups in total. The maximum atomic E-state index is 6.29. The summed E-state index contributed by atoms with van der Waals surface area (Å²) in [6.07, 6.45) is 1.73. The number of nitrogen functional groups attached to an aromatic ring is 1. The molecule has 0 spiro atoms. The van der Waals surface area contributed by atoms with Crippen LogP contribution in [0.15, 0.2) is 48.7 Å². The average molecular weight is 321 g/mol. The summed E-state index contributed by atoms with van der Waals surface area (Å²) < 4.78 is 0. The van der Waals surface area contributed by atoms with Gasteiger partial charge in [0, 0.05) is 22.2 Å². The molecule has 5 heteroatoms. The van der Waals surface area contributed by atoms with Crippen LogP contribution >= 0.6 is 11.6 Å². The molecule has 0 unspecified atom stereocenters. The highest BCUT2D eigenvalue weighted by atomic mass is 35.5. The lowest BCUT2D eigenvalue weighted by Crippen LogP contribution is -1.98. The van der Waals surface area contributed by atoms with Gasteiger partial charge in [0.2, 0.25) is 0 Å². The zero-order valence-corrected chi connectivity index (χ0v) is 13.2. The first-order chi connectivity index (χ1) is 11.1. The molecule has 0 bridgehead atoms. The van der Waals surface area contributed by atoms with E-state index >= 15 is 0 Å². The summed E-state index contributed by atoms with van der Waals surface area (Å²) in [5, 5.41) is 2.37. The Morgan fingerprint density at radius 1 is 0.957 bits per heavy atom. The summed E-state index contributed by atoms with van der Waals surface area (Å²) in [5.41, 5.74) is 10.4. The topological polar surface area (TPSA) is 64.7 Å². The Bertz CT molecular complexity index is 1040. The number of para-hydroxylation sites is 1. The molecule has 0 saturated carbocycles. The normalized spacial score (nSPS) is 11.2. The van der Waals surface area contributed by atoms with Gasteiger partial charge in [0.05, 0.1) is 16.6 Å². The lowest BCUT2D eigenvalue weighted by molar-refractivity contribution is 1.20. The van der Waals surface area contributed by atoms with Crippen LogP contribution in [0, 0.1) is 6.92 Å². The second kappa shape index (κ2) is 5.18. The number of aryl methyl sites for hydroxylation is 1. The van der Waals surface area contributed by atoms with Gasteiger partial charge in [0.1, 0.15) is 0 Å². The molecule has 0 aliphatic rings. The predicted octanol–water partition coefficient (Wildman–Crippen LogP) is 4.39. The third-order valence-electron chi connectivity index (χ3n) is 3.91. The molecule has 112 valence electrons. The summed E-state index contributed by atoms with van der Waals surface area (Å²) in [4.78, 5) is 13.7. The molecule has 4 nitrogen and oxygen atoms in total. The van der Waals surface area contributed by atoms with Gasteiger partial charge in [-0.3, -0.25) is 0 Å². The van der Waals surface area contributed by atoms with Crippen LogP contribution in [0.1, 0.15) is 5.56 Å². The van der Waals surface area contributed by atoms with Crippen LogP contribution in [0.2, 0.25) is 5.02 Å². The SMILES string of the molecule is Cc1cccc2c(N)c3cnc(-c4ccc(Cl)cc4)nc3nc12. The highest BCUT2D eigenvalue weighted by molar-refractivity contribution is 6.30. The molecule has 2 heterocycles. The molecule has 23 heavy (non-hydrogen) atoms. The average Bonchev–Trinajstić information content (AvgIpc) is 2.56. The van der Waals surface area contributed by atoms with Crippen molar-refractivity contribution in [3.05, 3.63) is 59.2 Å². The van der Waals surface area contributed by atoms with Gasteiger partial charge < -0.3 is 5.73 Å². The highest BCUT2D eigenvalue weighted by Crippen LogP contribution is 2.29. The van der Waals surface area contributed by atoms with Crippen LogP contribution in [0.4, 0.5) is 5.69 Å². The first-order valence-corrected chi connectivity index (χ1v) is 7.59. The Balaban J connectivity index is 2.00. The third-order valence-corrected chi connectivity index (χ3v) is 4.16. The fourth-order valence-electron chi connectivity index (χ4n) is 2.66. The van der Waals surface area contributed by atoms with Gasteiger partial charge in [-0.15, -0.1) is 0 Å². The molecule has 0 radical (unpaired) electrons. The van der Waals surface area contributed by atoms with Crippen LogP contribution in [-0.4, -0.2) is 15.0 Å². The fraction of sp³-hybridized carbons (Fsp3) is 0.0556. The minimum Gasteiger partial charge on any atom is -0.398 e. The number of nitrogens with two attached hydrogens (primary N) is 1. The molecule has 0 fully saturated rings. The van der Waals surface area contributed by atoms with Crippen molar-refractivity contribution in [1.82, 2.24) is 15.0 Å². The first-order valence-electron chi connectivity index (χ1n) is 7.21. The summed E-state index contributed by atoms with van der Waals surface area (Å²) in [5.74, 6) is 0.606. The van der Waals surface area contributed by atoms with Crippen molar-refractivity contribution in [1.29, 1.82) is 0 Å². The lowest BCUT2D eigenvalue weighted by atomic mass is 10.1. The number of fused-ring (bicyclic) bond motifs is 2. The Kier molecular flexibility index (Phi) is 3.13. The smallest absolute Gasteiger partial charge is 0.165 e. The molecule has 4 aromatic rings. The molecule has 4 rings (SSSR count). The Morgan fingerprint density at radius 2 is 1.74 bits per heavy atom. The van der Waals surface area contributed by atoms with Gasteiger partial charge in [-0.1, -0.05) is 29.8 Å². The summed E-state index contributed by atoms with van der Waals surface area (Å²) in [6, 6.07) is 13.4. The fourth-order valence-corrected chi connectivity index (χ4v) is 2.79. The Morgan fingerprint density at radius 3 is 2.52 bits per heavy atom. The van der Waals surface area contributed by atoms with Gasteiger partial charge >= 0.3 is 0 Å². The second-order valence-corrected chi connectivity index (χ2v) is 5.87. The van der Waals surface area contributed by atoms with E-state index in [9.17, 15) is 0 Å². The van der Waals surface area contributed by atoms with Gasteiger partial charge in [-0.05, 0) is 36.8 Å². The molecule has 2 aromatic carbocycles. The number of pyridine rings is 1. The van der Waals surface area contributed by atoms with Gasteiger partial charge in [-0.2, -0.15) is 0 Å². The number of nitrogens with zero attached hydrogens (tertiary/aromatic N) is 3. The van der Waals surface area contributed by atoms with Crippen LogP contribution in [0.3, 0.4) is 0 Å². The van der Waals surface area contributed by atoms with Gasteiger partial charge in [-0.25, -0.2) is 15.0 Å². The number of aromatic nitrogens is 3. The monoisotopic (exact) mass is 320 g/mol. The van der Waals surface area contributed by atoms with E-state index in [0.717, 1.165) is 27.4 Å². The van der Waals surface area contributed by atoms with Crippen molar-refractivity contribution in [3.8, 4) is 11.4 Å². The van der Waals surface area contributed by atoms with E-state index in [-0.39, 0.29) is 0 Å². The van der Waals surface area contributed by atoms with Crippen molar-refractivity contribution in [2.45, 2.75) is 6.92 Å². The number of hydrogen-bond donors (Lipinski definition) is 1. The number of benzene rings is 2. The van der Waals surface area contributed by atoms with Gasteiger partial charge in [0.25, 0.3) is 0 Å². The molecule has 0 saturated heterocycles. The van der Waals surface area contributed by atoms with Crippen molar-refractivity contribution in [2.75, 3.05) is 5.73 Å². The molecule has 0 atom stereocenters. The van der Waals surface area contributed by atoms with Gasteiger partial charge in [0.15, 0.2) is 11.5 Å².